The minimum atomic E-state index is -0.335. The molecule has 0 bridgehead atoms. The number of hydrogen-bond donors (Lipinski definition) is 0. The van der Waals surface area contributed by atoms with Crippen molar-refractivity contribution in [3.05, 3.63) is 51.6 Å². The molecule has 0 aliphatic carbocycles. The highest BCUT2D eigenvalue weighted by molar-refractivity contribution is 7.20. The molecular formula is C20H22ClN3O2S. The van der Waals surface area contributed by atoms with Gasteiger partial charge in [0.25, 0.3) is 0 Å². The van der Waals surface area contributed by atoms with E-state index in [0.29, 0.717) is 16.3 Å². The van der Waals surface area contributed by atoms with Gasteiger partial charge in [0, 0.05) is 13.1 Å². The first-order valence-electron chi connectivity index (χ1n) is 8.87. The van der Waals surface area contributed by atoms with E-state index in [1.165, 1.54) is 16.9 Å². The number of benzene rings is 1. The molecule has 2 aromatic heterocycles. The second-order valence-corrected chi connectivity index (χ2v) is 7.84. The summed E-state index contributed by atoms with van der Waals surface area (Å²) in [5, 5.41) is 1.03. The van der Waals surface area contributed by atoms with Gasteiger partial charge in [-0.25, -0.2) is 9.78 Å². The molecule has 0 atom stereocenters. The average molecular weight is 404 g/mol. The van der Waals surface area contributed by atoms with Crippen LogP contribution in [0.25, 0.3) is 10.2 Å². The van der Waals surface area contributed by atoms with Gasteiger partial charge in [0.05, 0.1) is 11.5 Å². The van der Waals surface area contributed by atoms with Gasteiger partial charge in [-0.1, -0.05) is 30.3 Å². The fourth-order valence-corrected chi connectivity index (χ4v) is 4.20. The van der Waals surface area contributed by atoms with Crippen LogP contribution in [0.15, 0.2) is 30.3 Å². The van der Waals surface area contributed by atoms with Crippen LogP contribution in [0.3, 0.4) is 0 Å². The highest BCUT2D eigenvalue weighted by atomic mass is 35.5. The molecule has 0 fully saturated rings. The number of carbonyl (C=O) groups excluding carboxylic acids is 1. The van der Waals surface area contributed by atoms with Crippen molar-refractivity contribution in [2.24, 2.45) is 0 Å². The van der Waals surface area contributed by atoms with Crippen molar-refractivity contribution in [1.82, 2.24) is 9.97 Å². The van der Waals surface area contributed by atoms with Crippen molar-refractivity contribution >= 4 is 44.9 Å². The summed E-state index contributed by atoms with van der Waals surface area (Å²) in [6.45, 7) is 9.09. The number of halogens is 1. The predicted octanol–water partition coefficient (Wildman–Crippen LogP) is 5.24. The third kappa shape index (κ3) is 4.22. The fraction of sp³-hybridized carbons (Fsp3) is 0.350. The number of ether oxygens (including phenoxy) is 1. The normalized spacial score (nSPS) is 11.2. The summed E-state index contributed by atoms with van der Waals surface area (Å²) >= 11 is 7.49. The lowest BCUT2D eigenvalue weighted by Gasteiger charge is -2.23. The van der Waals surface area contributed by atoms with Crippen LogP contribution in [-0.2, 0) is 11.3 Å². The standard InChI is InChI=1S/C20H22ClN3O2S/c1-5-24(11-14-9-7-6-8-10-14)17-15-13(4)16(19(25)26-12(2)3)27-18(15)23-20(21)22-17/h6-10,12H,5,11H2,1-4H3. The predicted molar refractivity (Wildman–Crippen MR) is 111 cm³/mol. The molecule has 142 valence electrons. The molecular weight excluding hydrogens is 382 g/mol. The van der Waals surface area contributed by atoms with Gasteiger partial charge >= 0.3 is 5.97 Å². The second-order valence-electron chi connectivity index (χ2n) is 6.51. The quantitative estimate of drug-likeness (QED) is 0.416. The van der Waals surface area contributed by atoms with Gasteiger partial charge in [-0.05, 0) is 50.4 Å². The molecule has 0 saturated heterocycles. The Hall–Kier alpha value is -2.18. The van der Waals surface area contributed by atoms with Crippen LogP contribution in [0.2, 0.25) is 5.28 Å². The summed E-state index contributed by atoms with van der Waals surface area (Å²) in [5.41, 5.74) is 2.01. The van der Waals surface area contributed by atoms with Crippen LogP contribution < -0.4 is 4.90 Å². The molecule has 0 amide bonds. The van der Waals surface area contributed by atoms with E-state index in [4.69, 9.17) is 16.3 Å². The van der Waals surface area contributed by atoms with Crippen molar-refractivity contribution in [1.29, 1.82) is 0 Å². The minimum Gasteiger partial charge on any atom is -0.459 e. The summed E-state index contributed by atoms with van der Waals surface area (Å²) in [6, 6.07) is 10.2. The van der Waals surface area contributed by atoms with E-state index < -0.39 is 0 Å². The van der Waals surface area contributed by atoms with Crippen LogP contribution in [0, 0.1) is 6.92 Å². The van der Waals surface area contributed by atoms with Gasteiger partial charge < -0.3 is 9.64 Å². The van der Waals surface area contributed by atoms with Gasteiger partial charge in [0.2, 0.25) is 5.28 Å². The van der Waals surface area contributed by atoms with Crippen molar-refractivity contribution in [2.45, 2.75) is 40.3 Å². The first-order valence-corrected chi connectivity index (χ1v) is 10.1. The number of aromatic nitrogens is 2. The van der Waals surface area contributed by atoms with E-state index in [-0.39, 0.29) is 17.4 Å². The number of carbonyl (C=O) groups is 1. The van der Waals surface area contributed by atoms with E-state index in [1.807, 2.05) is 39.0 Å². The van der Waals surface area contributed by atoms with Crippen LogP contribution in [-0.4, -0.2) is 28.6 Å². The van der Waals surface area contributed by atoms with Crippen molar-refractivity contribution < 1.29 is 9.53 Å². The van der Waals surface area contributed by atoms with E-state index >= 15 is 0 Å². The molecule has 27 heavy (non-hydrogen) atoms. The maximum atomic E-state index is 12.5. The lowest BCUT2D eigenvalue weighted by atomic mass is 10.1. The number of nitrogens with zero attached hydrogens (tertiary/aromatic N) is 3. The monoisotopic (exact) mass is 403 g/mol. The number of rotatable bonds is 6. The van der Waals surface area contributed by atoms with E-state index in [1.54, 1.807) is 0 Å². The maximum absolute atomic E-state index is 12.5. The van der Waals surface area contributed by atoms with E-state index in [0.717, 1.165) is 23.3 Å². The van der Waals surface area contributed by atoms with Crippen LogP contribution in [0.1, 0.15) is 41.6 Å². The number of anilines is 1. The summed E-state index contributed by atoms with van der Waals surface area (Å²) in [7, 11) is 0. The highest BCUT2D eigenvalue weighted by Crippen LogP contribution is 2.37. The Labute approximate surface area is 168 Å². The van der Waals surface area contributed by atoms with E-state index in [9.17, 15) is 4.79 Å². The second kappa shape index (κ2) is 8.23. The maximum Gasteiger partial charge on any atom is 0.348 e. The van der Waals surface area contributed by atoms with Gasteiger partial charge in [-0.3, -0.25) is 0 Å². The highest BCUT2D eigenvalue weighted by Gasteiger charge is 2.24. The third-order valence-corrected chi connectivity index (χ3v) is 5.50. The molecule has 5 nitrogen and oxygen atoms in total. The molecule has 0 N–H and O–H groups in total. The molecule has 0 saturated carbocycles. The topological polar surface area (TPSA) is 55.3 Å². The van der Waals surface area contributed by atoms with Crippen LogP contribution >= 0.6 is 22.9 Å². The van der Waals surface area contributed by atoms with Crippen LogP contribution in [0.5, 0.6) is 0 Å². The van der Waals surface area contributed by atoms with Crippen molar-refractivity contribution in [3.8, 4) is 0 Å². The minimum absolute atomic E-state index is 0.175. The molecule has 0 aliphatic heterocycles. The smallest absolute Gasteiger partial charge is 0.348 e. The third-order valence-electron chi connectivity index (χ3n) is 4.17. The van der Waals surface area contributed by atoms with Gasteiger partial charge in [0.1, 0.15) is 15.5 Å². The number of thiophene rings is 1. The van der Waals surface area contributed by atoms with Crippen molar-refractivity contribution in [3.63, 3.8) is 0 Å². The summed E-state index contributed by atoms with van der Waals surface area (Å²) in [5.74, 6) is 0.410. The zero-order chi connectivity index (χ0) is 19.6. The molecule has 0 spiro atoms. The molecule has 7 heteroatoms. The summed E-state index contributed by atoms with van der Waals surface area (Å²) in [6.07, 6.45) is -0.179. The SMILES string of the molecule is CCN(Cc1ccccc1)c1nc(Cl)nc2sc(C(=O)OC(C)C)c(C)c12. The Balaban J connectivity index is 2.08. The first-order chi connectivity index (χ1) is 12.9. The zero-order valence-corrected chi connectivity index (χ0v) is 17.4. The van der Waals surface area contributed by atoms with Gasteiger partial charge in [0.15, 0.2) is 0 Å². The molecule has 0 radical (unpaired) electrons. The largest absolute Gasteiger partial charge is 0.459 e. The Morgan fingerprint density at radius 2 is 1.96 bits per heavy atom. The van der Waals surface area contributed by atoms with Crippen molar-refractivity contribution in [2.75, 3.05) is 11.4 Å². The number of hydrogen-bond acceptors (Lipinski definition) is 6. The van der Waals surface area contributed by atoms with Crippen LogP contribution in [0.4, 0.5) is 5.82 Å². The molecule has 2 heterocycles. The summed E-state index contributed by atoms with van der Waals surface area (Å²) in [4.78, 5) is 24.7. The molecule has 1 aromatic carbocycles. The van der Waals surface area contributed by atoms with Gasteiger partial charge in [-0.15, -0.1) is 11.3 Å². The molecule has 0 aliphatic rings. The molecule has 3 rings (SSSR count). The van der Waals surface area contributed by atoms with E-state index in [2.05, 4.69) is 33.9 Å². The van der Waals surface area contributed by atoms with Gasteiger partial charge in [-0.2, -0.15) is 4.98 Å². The Kier molecular flexibility index (Phi) is 5.97. The number of aryl methyl sites for hydroxylation is 1. The Morgan fingerprint density at radius 3 is 2.59 bits per heavy atom. The summed E-state index contributed by atoms with van der Waals surface area (Å²) < 4.78 is 5.38. The lowest BCUT2D eigenvalue weighted by molar-refractivity contribution is 0.0383. The zero-order valence-electron chi connectivity index (χ0n) is 15.8. The first kappa shape index (κ1) is 19.6. The molecule has 3 aromatic rings. The number of esters is 1. The Morgan fingerprint density at radius 1 is 1.26 bits per heavy atom. The molecule has 0 unspecified atom stereocenters. The fourth-order valence-electron chi connectivity index (χ4n) is 2.92. The number of fused-ring (bicyclic) bond motifs is 1. The average Bonchev–Trinajstić information content (AvgIpc) is 2.96. The Bertz CT molecular complexity index is 957. The lowest BCUT2D eigenvalue weighted by Crippen LogP contribution is -2.23.